The molecule has 4 aliphatic heterocycles. The Morgan fingerprint density at radius 2 is 1.71 bits per heavy atom. The molecule has 4 unspecified atom stereocenters. The summed E-state index contributed by atoms with van der Waals surface area (Å²) in [7, 11) is 0. The molecule has 35 heavy (non-hydrogen) atoms. The van der Waals surface area contributed by atoms with Gasteiger partial charge in [-0.2, -0.15) is 0 Å². The van der Waals surface area contributed by atoms with E-state index in [1.807, 2.05) is 6.07 Å². The van der Waals surface area contributed by atoms with Gasteiger partial charge in [0, 0.05) is 50.6 Å². The van der Waals surface area contributed by atoms with Gasteiger partial charge < -0.3 is 25.3 Å². The summed E-state index contributed by atoms with van der Waals surface area (Å²) in [4.78, 5) is 69.0. The molecule has 0 bridgehead atoms. The maximum Gasteiger partial charge on any atom is 0.254 e. The fourth-order valence-electron chi connectivity index (χ4n) is 5.88. The summed E-state index contributed by atoms with van der Waals surface area (Å²) in [5.74, 6) is -0.961. The van der Waals surface area contributed by atoms with Crippen molar-refractivity contribution in [1.29, 1.82) is 0 Å². The lowest BCUT2D eigenvalue weighted by atomic mass is 9.95. The molecule has 4 saturated heterocycles. The molecular weight excluding hydrogens is 450 g/mol. The summed E-state index contributed by atoms with van der Waals surface area (Å²) in [5.41, 5.74) is 0.510. The SMILES string of the molecule is CC(=O)N1CCC(C(=O)NC2CC3C(=O)NC4CCN(C(=O)c5ccccc5)C4C(=O)N3C2)CC1. The summed E-state index contributed by atoms with van der Waals surface area (Å²) >= 11 is 0. The first kappa shape index (κ1) is 23.3. The normalized spacial score (nSPS) is 28.8. The zero-order valence-corrected chi connectivity index (χ0v) is 19.8. The highest BCUT2D eigenvalue weighted by Gasteiger charge is 2.52. The first-order valence-corrected chi connectivity index (χ1v) is 12.4. The largest absolute Gasteiger partial charge is 0.351 e. The number of hydrogen-bond acceptors (Lipinski definition) is 5. The van der Waals surface area contributed by atoms with E-state index in [1.165, 1.54) is 6.92 Å². The number of carbonyl (C=O) groups is 5. The van der Waals surface area contributed by atoms with E-state index < -0.39 is 18.1 Å². The molecule has 5 rings (SSSR count). The van der Waals surface area contributed by atoms with Crippen molar-refractivity contribution in [1.82, 2.24) is 25.3 Å². The van der Waals surface area contributed by atoms with Crippen LogP contribution in [-0.4, -0.2) is 94.6 Å². The zero-order chi connectivity index (χ0) is 24.7. The first-order valence-electron chi connectivity index (χ1n) is 12.4. The Hall–Kier alpha value is -3.43. The lowest BCUT2D eigenvalue weighted by Crippen LogP contribution is -2.53. The van der Waals surface area contributed by atoms with Crippen LogP contribution >= 0.6 is 0 Å². The Kier molecular flexibility index (Phi) is 6.21. The summed E-state index contributed by atoms with van der Waals surface area (Å²) < 4.78 is 0. The highest BCUT2D eigenvalue weighted by Crippen LogP contribution is 2.30. The van der Waals surface area contributed by atoms with Gasteiger partial charge in [-0.15, -0.1) is 0 Å². The molecule has 0 spiro atoms. The van der Waals surface area contributed by atoms with E-state index in [1.54, 1.807) is 39.0 Å². The van der Waals surface area contributed by atoms with Crippen molar-refractivity contribution in [2.75, 3.05) is 26.2 Å². The summed E-state index contributed by atoms with van der Waals surface area (Å²) in [6.07, 6.45) is 2.08. The molecule has 4 aliphatic rings. The van der Waals surface area contributed by atoms with Crippen molar-refractivity contribution in [3.8, 4) is 0 Å². The molecule has 0 aliphatic carbocycles. The second-order valence-electron chi connectivity index (χ2n) is 9.94. The standard InChI is InChI=1S/C25H31N5O5/c1-15(31)28-10-7-16(8-11-28)22(32)26-18-13-20-23(33)27-19-9-12-29(21(19)25(35)30(20)14-18)24(34)17-5-3-2-4-6-17/h2-6,16,18-21H,7-14H2,1H3,(H,26,32)(H,27,33). The number of nitrogens with zero attached hydrogens (tertiary/aromatic N) is 3. The maximum atomic E-state index is 13.6. The molecule has 4 atom stereocenters. The Labute approximate surface area is 204 Å². The topological polar surface area (TPSA) is 119 Å². The van der Waals surface area contributed by atoms with Crippen molar-refractivity contribution in [3.05, 3.63) is 35.9 Å². The highest BCUT2D eigenvalue weighted by atomic mass is 16.2. The van der Waals surface area contributed by atoms with Crippen molar-refractivity contribution in [2.45, 2.75) is 56.8 Å². The molecule has 10 heteroatoms. The molecule has 10 nitrogen and oxygen atoms in total. The molecule has 0 radical (unpaired) electrons. The van der Waals surface area contributed by atoms with Crippen LogP contribution in [0.2, 0.25) is 0 Å². The number of fused-ring (bicyclic) bond motifs is 2. The second kappa shape index (κ2) is 9.31. The summed E-state index contributed by atoms with van der Waals surface area (Å²) in [5, 5.41) is 6.02. The number of rotatable bonds is 3. The van der Waals surface area contributed by atoms with Gasteiger partial charge in [0.2, 0.25) is 23.6 Å². The molecule has 2 N–H and O–H groups in total. The average molecular weight is 482 g/mol. The van der Waals surface area contributed by atoms with Crippen molar-refractivity contribution in [3.63, 3.8) is 0 Å². The lowest BCUT2D eigenvalue weighted by Gasteiger charge is -2.31. The maximum absolute atomic E-state index is 13.6. The third-order valence-electron chi connectivity index (χ3n) is 7.80. The fraction of sp³-hybridized carbons (Fsp3) is 0.560. The lowest BCUT2D eigenvalue weighted by molar-refractivity contribution is -0.138. The molecule has 5 amide bonds. The highest BCUT2D eigenvalue weighted by molar-refractivity contribution is 6.00. The Balaban J connectivity index is 1.26. The van der Waals surface area contributed by atoms with Gasteiger partial charge in [0.15, 0.2) is 0 Å². The fourth-order valence-corrected chi connectivity index (χ4v) is 5.88. The number of likely N-dealkylation sites (tertiary alicyclic amines) is 2. The van der Waals surface area contributed by atoms with Gasteiger partial charge in [0.25, 0.3) is 5.91 Å². The first-order chi connectivity index (χ1) is 16.8. The molecule has 186 valence electrons. The van der Waals surface area contributed by atoms with Crippen molar-refractivity contribution < 1.29 is 24.0 Å². The van der Waals surface area contributed by atoms with Crippen LogP contribution in [0.3, 0.4) is 0 Å². The van der Waals surface area contributed by atoms with E-state index in [-0.39, 0.29) is 48.0 Å². The van der Waals surface area contributed by atoms with Crippen LogP contribution in [0.4, 0.5) is 0 Å². The smallest absolute Gasteiger partial charge is 0.254 e. The van der Waals surface area contributed by atoms with Crippen LogP contribution < -0.4 is 10.6 Å². The number of nitrogens with one attached hydrogen (secondary N) is 2. The van der Waals surface area contributed by atoms with Crippen LogP contribution in [0.5, 0.6) is 0 Å². The van der Waals surface area contributed by atoms with Crippen molar-refractivity contribution in [2.24, 2.45) is 5.92 Å². The van der Waals surface area contributed by atoms with Crippen LogP contribution in [-0.2, 0) is 19.2 Å². The molecular formula is C25H31N5O5. The molecule has 1 aromatic carbocycles. The van der Waals surface area contributed by atoms with Crippen molar-refractivity contribution >= 4 is 29.5 Å². The van der Waals surface area contributed by atoms with Crippen LogP contribution in [0, 0.1) is 5.92 Å². The number of hydrogen-bond donors (Lipinski definition) is 2. The molecule has 1 aromatic rings. The van der Waals surface area contributed by atoms with Gasteiger partial charge in [-0.25, -0.2) is 0 Å². The van der Waals surface area contributed by atoms with E-state index in [9.17, 15) is 24.0 Å². The quantitative estimate of drug-likeness (QED) is 0.617. The van der Waals surface area contributed by atoms with Gasteiger partial charge >= 0.3 is 0 Å². The van der Waals surface area contributed by atoms with E-state index in [2.05, 4.69) is 10.6 Å². The summed E-state index contributed by atoms with van der Waals surface area (Å²) in [6, 6.07) is 6.69. The Bertz CT molecular complexity index is 1040. The van der Waals surface area contributed by atoms with Crippen LogP contribution in [0.25, 0.3) is 0 Å². The zero-order valence-electron chi connectivity index (χ0n) is 19.8. The van der Waals surface area contributed by atoms with Gasteiger partial charge in [0.05, 0.1) is 6.04 Å². The molecule has 4 heterocycles. The Morgan fingerprint density at radius 3 is 2.40 bits per heavy atom. The summed E-state index contributed by atoms with van der Waals surface area (Å²) in [6.45, 7) is 3.28. The van der Waals surface area contributed by atoms with Gasteiger partial charge in [0.1, 0.15) is 12.1 Å². The van der Waals surface area contributed by atoms with Crippen LogP contribution in [0.15, 0.2) is 30.3 Å². The third-order valence-corrected chi connectivity index (χ3v) is 7.80. The van der Waals surface area contributed by atoms with Crippen LogP contribution in [0.1, 0.15) is 43.0 Å². The van der Waals surface area contributed by atoms with Gasteiger partial charge in [-0.3, -0.25) is 24.0 Å². The monoisotopic (exact) mass is 481 g/mol. The number of piperidine rings is 1. The number of benzene rings is 1. The molecule has 0 saturated carbocycles. The molecule has 4 fully saturated rings. The van der Waals surface area contributed by atoms with E-state index in [4.69, 9.17) is 0 Å². The number of amides is 5. The minimum atomic E-state index is -0.748. The predicted molar refractivity (Wildman–Crippen MR) is 125 cm³/mol. The van der Waals surface area contributed by atoms with Gasteiger partial charge in [-0.1, -0.05) is 18.2 Å². The Morgan fingerprint density at radius 1 is 1.00 bits per heavy atom. The van der Waals surface area contributed by atoms with E-state index in [0.717, 1.165) is 0 Å². The van der Waals surface area contributed by atoms with E-state index in [0.29, 0.717) is 50.9 Å². The molecule has 0 aromatic heterocycles. The van der Waals surface area contributed by atoms with E-state index >= 15 is 0 Å². The number of carbonyl (C=O) groups excluding carboxylic acids is 5. The second-order valence-corrected chi connectivity index (χ2v) is 9.94. The minimum Gasteiger partial charge on any atom is -0.351 e. The average Bonchev–Trinajstić information content (AvgIpc) is 3.46. The minimum absolute atomic E-state index is 0.0159. The van der Waals surface area contributed by atoms with Gasteiger partial charge in [-0.05, 0) is 37.8 Å². The third kappa shape index (κ3) is 4.37. The predicted octanol–water partition coefficient (Wildman–Crippen LogP) is -0.256.